The Bertz CT molecular complexity index is 833. The van der Waals surface area contributed by atoms with Crippen LogP contribution in [0.1, 0.15) is 16.2 Å². The van der Waals surface area contributed by atoms with Crippen molar-refractivity contribution < 1.29 is 4.79 Å². The second kappa shape index (κ2) is 3.19. The Morgan fingerprint density at radius 2 is 2.22 bits per heavy atom. The van der Waals surface area contributed by atoms with E-state index in [-0.39, 0.29) is 5.78 Å². The molecule has 4 rings (SSSR count). The van der Waals surface area contributed by atoms with Gasteiger partial charge in [-0.05, 0) is 18.2 Å². The Labute approximate surface area is 101 Å². The molecule has 0 unspecified atom stereocenters. The molecule has 18 heavy (non-hydrogen) atoms. The lowest BCUT2D eigenvalue weighted by atomic mass is 10.1. The molecule has 0 saturated carbocycles. The molecular formula is C12H7N5O. The van der Waals surface area contributed by atoms with Gasteiger partial charge < -0.3 is 0 Å². The predicted molar refractivity (Wildman–Crippen MR) is 63.3 cm³/mol. The van der Waals surface area contributed by atoms with Crippen molar-refractivity contribution in [1.29, 1.82) is 0 Å². The highest BCUT2D eigenvalue weighted by molar-refractivity contribution is 6.05. The van der Waals surface area contributed by atoms with Gasteiger partial charge in [0.25, 0.3) is 0 Å². The van der Waals surface area contributed by atoms with Crippen molar-refractivity contribution in [2.75, 3.05) is 0 Å². The second-order valence-corrected chi connectivity index (χ2v) is 4.08. The van der Waals surface area contributed by atoms with E-state index in [1.807, 2.05) is 18.2 Å². The fraction of sp³-hybridized carbons (Fsp3) is 0.0833. The molecule has 6 nitrogen and oxygen atoms in total. The highest BCUT2D eigenvalue weighted by atomic mass is 16.1. The van der Waals surface area contributed by atoms with E-state index in [9.17, 15) is 4.79 Å². The third-order valence-corrected chi connectivity index (χ3v) is 3.01. The SMILES string of the molecule is O=C1C=CCc2c1nnc1c3cccnc3nn21. The van der Waals surface area contributed by atoms with Crippen LogP contribution in [0.2, 0.25) is 0 Å². The van der Waals surface area contributed by atoms with Gasteiger partial charge >= 0.3 is 0 Å². The van der Waals surface area contributed by atoms with Crippen molar-refractivity contribution in [3.8, 4) is 0 Å². The first kappa shape index (κ1) is 9.41. The zero-order chi connectivity index (χ0) is 12.1. The van der Waals surface area contributed by atoms with Crippen LogP contribution >= 0.6 is 0 Å². The Balaban J connectivity index is 2.19. The van der Waals surface area contributed by atoms with Gasteiger partial charge in [0.05, 0.1) is 11.1 Å². The Kier molecular flexibility index (Phi) is 1.67. The van der Waals surface area contributed by atoms with Crippen LogP contribution in [0.25, 0.3) is 16.7 Å². The molecule has 0 fully saturated rings. The number of pyridine rings is 1. The molecule has 6 heteroatoms. The number of allylic oxidation sites excluding steroid dienone is 2. The van der Waals surface area contributed by atoms with Crippen molar-refractivity contribution in [3.05, 3.63) is 41.9 Å². The highest BCUT2D eigenvalue weighted by Crippen LogP contribution is 2.20. The van der Waals surface area contributed by atoms with Crippen LogP contribution < -0.4 is 0 Å². The first-order valence-corrected chi connectivity index (χ1v) is 5.54. The van der Waals surface area contributed by atoms with E-state index in [0.717, 1.165) is 11.1 Å². The smallest absolute Gasteiger partial charge is 0.207 e. The monoisotopic (exact) mass is 237 g/mol. The largest absolute Gasteiger partial charge is 0.287 e. The summed E-state index contributed by atoms with van der Waals surface area (Å²) >= 11 is 0. The van der Waals surface area contributed by atoms with Crippen LogP contribution in [0.15, 0.2) is 30.5 Å². The van der Waals surface area contributed by atoms with Gasteiger partial charge in [-0.3, -0.25) is 4.79 Å². The average molecular weight is 237 g/mol. The fourth-order valence-electron chi connectivity index (χ4n) is 2.18. The quantitative estimate of drug-likeness (QED) is 0.582. The number of hydrogen-bond acceptors (Lipinski definition) is 5. The lowest BCUT2D eigenvalue weighted by Crippen LogP contribution is -2.15. The molecule has 0 bridgehead atoms. The van der Waals surface area contributed by atoms with E-state index in [1.54, 1.807) is 10.7 Å². The first-order valence-electron chi connectivity index (χ1n) is 5.54. The zero-order valence-electron chi connectivity index (χ0n) is 9.24. The van der Waals surface area contributed by atoms with Crippen LogP contribution in [0.4, 0.5) is 0 Å². The maximum Gasteiger partial charge on any atom is 0.207 e. The predicted octanol–water partition coefficient (Wildman–Crippen LogP) is 0.967. The lowest BCUT2D eigenvalue weighted by molar-refractivity contribution is 0.103. The molecule has 0 saturated heterocycles. The van der Waals surface area contributed by atoms with Gasteiger partial charge in [-0.15, -0.1) is 15.3 Å². The molecule has 86 valence electrons. The molecule has 3 heterocycles. The molecule has 0 N–H and O–H groups in total. The highest BCUT2D eigenvalue weighted by Gasteiger charge is 2.20. The van der Waals surface area contributed by atoms with Crippen molar-refractivity contribution in [2.24, 2.45) is 0 Å². The number of ketones is 1. The summed E-state index contributed by atoms with van der Waals surface area (Å²) in [6.07, 6.45) is 5.64. The Hall–Kier alpha value is -2.63. The zero-order valence-corrected chi connectivity index (χ0v) is 9.24. The van der Waals surface area contributed by atoms with Gasteiger partial charge in [0.1, 0.15) is 0 Å². The molecule has 0 atom stereocenters. The minimum absolute atomic E-state index is 0.127. The summed E-state index contributed by atoms with van der Waals surface area (Å²) in [6, 6.07) is 3.72. The van der Waals surface area contributed by atoms with Gasteiger partial charge in [-0.25, -0.2) is 9.50 Å². The standard InChI is InChI=1S/C12H7N5O/c18-9-5-1-4-8-10(9)14-15-12-7-3-2-6-13-11(7)16-17(8)12/h1-3,5-6H,4H2. The number of nitrogens with zero attached hydrogens (tertiary/aromatic N) is 5. The van der Waals surface area contributed by atoms with Crippen LogP contribution in [-0.2, 0) is 6.42 Å². The summed E-state index contributed by atoms with van der Waals surface area (Å²) in [7, 11) is 0. The topological polar surface area (TPSA) is 73.0 Å². The maximum atomic E-state index is 11.7. The van der Waals surface area contributed by atoms with E-state index in [0.29, 0.717) is 23.4 Å². The van der Waals surface area contributed by atoms with Crippen LogP contribution in [-0.4, -0.2) is 30.6 Å². The van der Waals surface area contributed by atoms with Crippen molar-refractivity contribution >= 4 is 22.5 Å². The van der Waals surface area contributed by atoms with Gasteiger partial charge in [0.2, 0.25) is 5.78 Å². The molecule has 0 aliphatic heterocycles. The van der Waals surface area contributed by atoms with Gasteiger partial charge in [-0.2, -0.15) is 0 Å². The third kappa shape index (κ3) is 1.09. The van der Waals surface area contributed by atoms with Crippen molar-refractivity contribution in [1.82, 2.24) is 24.8 Å². The van der Waals surface area contributed by atoms with Gasteiger partial charge in [0, 0.05) is 12.6 Å². The molecule has 0 aromatic carbocycles. The number of carbonyl (C=O) groups excluding carboxylic acids is 1. The number of rotatable bonds is 0. The summed E-state index contributed by atoms with van der Waals surface area (Å²) in [5.74, 6) is -0.127. The third-order valence-electron chi connectivity index (χ3n) is 3.01. The van der Waals surface area contributed by atoms with Gasteiger partial charge in [0.15, 0.2) is 17.0 Å². The van der Waals surface area contributed by atoms with Gasteiger partial charge in [-0.1, -0.05) is 6.08 Å². The Morgan fingerprint density at radius 1 is 1.28 bits per heavy atom. The number of carbonyl (C=O) groups is 1. The van der Waals surface area contributed by atoms with E-state index < -0.39 is 0 Å². The van der Waals surface area contributed by atoms with Crippen molar-refractivity contribution in [3.63, 3.8) is 0 Å². The summed E-state index contributed by atoms with van der Waals surface area (Å²) < 4.78 is 1.67. The molecule has 3 aromatic heterocycles. The molecule has 0 spiro atoms. The van der Waals surface area contributed by atoms with Crippen LogP contribution in [0, 0.1) is 0 Å². The van der Waals surface area contributed by atoms with E-state index in [4.69, 9.17) is 0 Å². The minimum Gasteiger partial charge on any atom is -0.287 e. The van der Waals surface area contributed by atoms with Crippen LogP contribution in [0.3, 0.4) is 0 Å². The summed E-state index contributed by atoms with van der Waals surface area (Å²) in [4.78, 5) is 15.9. The summed E-state index contributed by atoms with van der Waals surface area (Å²) in [5, 5.41) is 13.3. The number of fused-ring (bicyclic) bond motifs is 5. The summed E-state index contributed by atoms with van der Waals surface area (Å²) in [6.45, 7) is 0. The number of hydrogen-bond donors (Lipinski definition) is 0. The molecule has 1 aliphatic carbocycles. The first-order chi connectivity index (χ1) is 8.84. The fourth-order valence-corrected chi connectivity index (χ4v) is 2.18. The van der Waals surface area contributed by atoms with E-state index in [1.165, 1.54) is 6.08 Å². The lowest BCUT2D eigenvalue weighted by Gasteiger charge is -2.08. The van der Waals surface area contributed by atoms with Crippen LogP contribution in [0.5, 0.6) is 0 Å². The molecule has 1 aliphatic rings. The van der Waals surface area contributed by atoms with E-state index in [2.05, 4.69) is 20.3 Å². The molecule has 0 amide bonds. The molecule has 3 aromatic rings. The normalized spacial score (nSPS) is 14.3. The molecular weight excluding hydrogens is 230 g/mol. The van der Waals surface area contributed by atoms with Crippen molar-refractivity contribution in [2.45, 2.75) is 6.42 Å². The molecule has 0 radical (unpaired) electrons. The maximum absolute atomic E-state index is 11.7. The number of aromatic nitrogens is 5. The summed E-state index contributed by atoms with van der Waals surface area (Å²) in [5.41, 5.74) is 2.39. The average Bonchev–Trinajstić information content (AvgIpc) is 2.78. The Morgan fingerprint density at radius 3 is 3.17 bits per heavy atom. The minimum atomic E-state index is -0.127. The van der Waals surface area contributed by atoms with E-state index >= 15 is 0 Å². The second-order valence-electron chi connectivity index (χ2n) is 4.08.